The first kappa shape index (κ1) is 23.5. The lowest BCUT2D eigenvalue weighted by Gasteiger charge is -2.42. The Balaban J connectivity index is 1.34. The zero-order chi connectivity index (χ0) is 23.7. The second kappa shape index (κ2) is 10.2. The molecule has 0 saturated carbocycles. The maximum atomic E-state index is 13.2. The van der Waals surface area contributed by atoms with Gasteiger partial charge in [0, 0.05) is 28.5 Å². The van der Waals surface area contributed by atoms with E-state index >= 15 is 0 Å². The van der Waals surface area contributed by atoms with Crippen LogP contribution in [0.15, 0.2) is 66.7 Å². The van der Waals surface area contributed by atoms with E-state index in [1.54, 1.807) is 6.07 Å². The molecule has 1 heterocycles. The number of carbonyl (C=O) groups is 1. The number of nitrogens with one attached hydrogen (secondary N) is 1. The van der Waals surface area contributed by atoms with Crippen molar-refractivity contribution in [3.63, 3.8) is 0 Å². The largest absolute Gasteiger partial charge is 0.363 e. The third-order valence-corrected chi connectivity index (χ3v) is 7.93. The predicted molar refractivity (Wildman–Crippen MR) is 141 cm³/mol. The van der Waals surface area contributed by atoms with Gasteiger partial charge < -0.3 is 10.2 Å². The normalized spacial score (nSPS) is 22.2. The summed E-state index contributed by atoms with van der Waals surface area (Å²) in [6.45, 7) is 0.785. The summed E-state index contributed by atoms with van der Waals surface area (Å²) in [6.07, 6.45) is 4.35. The highest BCUT2D eigenvalue weighted by Gasteiger charge is 2.33. The van der Waals surface area contributed by atoms with Gasteiger partial charge in [-0.15, -0.1) is 0 Å². The Bertz CT molecular complexity index is 1180. The highest BCUT2D eigenvalue weighted by Crippen LogP contribution is 2.40. The van der Waals surface area contributed by atoms with E-state index < -0.39 is 0 Å². The van der Waals surface area contributed by atoms with Gasteiger partial charge in [0.2, 0.25) is 5.91 Å². The van der Waals surface area contributed by atoms with Crippen LogP contribution < -0.4 is 10.2 Å². The Hall–Kier alpha value is -2.20. The number of carbonyl (C=O) groups excluding carboxylic acids is 1. The van der Waals surface area contributed by atoms with Crippen LogP contribution in [0.5, 0.6) is 0 Å². The Morgan fingerprint density at radius 3 is 2.38 bits per heavy atom. The minimum absolute atomic E-state index is 0.0348. The fraction of sp³-hybridized carbons (Fsp3) is 0.321. The van der Waals surface area contributed by atoms with E-state index in [0.29, 0.717) is 15.1 Å². The van der Waals surface area contributed by atoms with E-state index in [0.717, 1.165) is 49.9 Å². The SMILES string of the molecule is O=C(NC1CCN(c2ccc(Cl)cc2Cl)C(c2ccc(Cl)cc2)C1)C1CCc2ccccc2C1. The molecule has 3 unspecified atom stereocenters. The fourth-order valence-electron chi connectivity index (χ4n) is 5.34. The molecule has 1 fully saturated rings. The molecule has 1 aliphatic carbocycles. The molecule has 0 aromatic heterocycles. The van der Waals surface area contributed by atoms with Gasteiger partial charge in [0.25, 0.3) is 0 Å². The van der Waals surface area contributed by atoms with Crippen molar-refractivity contribution in [3.05, 3.63) is 98.5 Å². The summed E-state index contributed by atoms with van der Waals surface area (Å²) >= 11 is 18.9. The highest BCUT2D eigenvalue weighted by molar-refractivity contribution is 6.36. The lowest BCUT2D eigenvalue weighted by Crippen LogP contribution is -2.48. The number of rotatable bonds is 4. The van der Waals surface area contributed by atoms with Gasteiger partial charge in [-0.05, 0) is 79.1 Å². The van der Waals surface area contributed by atoms with E-state index in [9.17, 15) is 4.79 Å². The van der Waals surface area contributed by atoms with Crippen molar-refractivity contribution < 1.29 is 4.79 Å². The number of benzene rings is 3. The number of anilines is 1. The maximum absolute atomic E-state index is 13.2. The topological polar surface area (TPSA) is 32.3 Å². The van der Waals surface area contributed by atoms with Crippen LogP contribution in [0.25, 0.3) is 0 Å². The fourth-order valence-corrected chi connectivity index (χ4v) is 5.98. The van der Waals surface area contributed by atoms with Gasteiger partial charge in [0.15, 0.2) is 0 Å². The number of piperidine rings is 1. The monoisotopic (exact) mass is 512 g/mol. The van der Waals surface area contributed by atoms with E-state index in [1.165, 1.54) is 11.1 Å². The Morgan fingerprint density at radius 1 is 0.882 bits per heavy atom. The highest BCUT2D eigenvalue weighted by atomic mass is 35.5. The van der Waals surface area contributed by atoms with E-state index in [4.69, 9.17) is 34.8 Å². The van der Waals surface area contributed by atoms with Gasteiger partial charge in [-0.25, -0.2) is 0 Å². The van der Waals surface area contributed by atoms with Gasteiger partial charge in [-0.3, -0.25) is 4.79 Å². The van der Waals surface area contributed by atoms with Gasteiger partial charge in [0.1, 0.15) is 0 Å². The number of hydrogen-bond acceptors (Lipinski definition) is 2. The Labute approximate surface area is 216 Å². The summed E-state index contributed by atoms with van der Waals surface area (Å²) in [6, 6.07) is 22.2. The molecule has 1 saturated heterocycles. The van der Waals surface area contributed by atoms with Crippen LogP contribution in [0.4, 0.5) is 5.69 Å². The molecule has 34 heavy (non-hydrogen) atoms. The van der Waals surface area contributed by atoms with E-state index in [1.807, 2.05) is 24.3 Å². The minimum Gasteiger partial charge on any atom is -0.363 e. The van der Waals surface area contributed by atoms with Crippen molar-refractivity contribution in [2.24, 2.45) is 5.92 Å². The van der Waals surface area contributed by atoms with Crippen LogP contribution in [-0.4, -0.2) is 18.5 Å². The molecule has 6 heteroatoms. The molecule has 1 aliphatic heterocycles. The minimum atomic E-state index is 0.0348. The lowest BCUT2D eigenvalue weighted by atomic mass is 9.83. The second-order valence-electron chi connectivity index (χ2n) is 9.29. The zero-order valence-electron chi connectivity index (χ0n) is 18.8. The number of halogens is 3. The van der Waals surface area contributed by atoms with Crippen LogP contribution >= 0.6 is 34.8 Å². The molecule has 5 rings (SSSR count). The van der Waals surface area contributed by atoms with E-state index in [2.05, 4.69) is 46.6 Å². The summed E-state index contributed by atoms with van der Waals surface area (Å²) in [5.74, 6) is 0.208. The molecule has 3 aromatic carbocycles. The Morgan fingerprint density at radius 2 is 1.62 bits per heavy atom. The van der Waals surface area contributed by atoms with Crippen LogP contribution in [0.2, 0.25) is 15.1 Å². The van der Waals surface area contributed by atoms with Crippen molar-refractivity contribution in [3.8, 4) is 0 Å². The number of hydrogen-bond donors (Lipinski definition) is 1. The van der Waals surface area contributed by atoms with Crippen molar-refractivity contribution >= 4 is 46.4 Å². The average Bonchev–Trinajstić information content (AvgIpc) is 2.84. The molecule has 1 amide bonds. The first-order valence-electron chi connectivity index (χ1n) is 11.8. The molecule has 3 atom stereocenters. The van der Waals surface area contributed by atoms with Crippen molar-refractivity contribution in [1.29, 1.82) is 0 Å². The molecule has 1 N–H and O–H groups in total. The van der Waals surface area contributed by atoms with Gasteiger partial charge in [-0.1, -0.05) is 71.2 Å². The first-order valence-corrected chi connectivity index (χ1v) is 13.0. The molecule has 3 nitrogen and oxygen atoms in total. The molecule has 2 aliphatic rings. The van der Waals surface area contributed by atoms with Gasteiger partial charge >= 0.3 is 0 Å². The summed E-state index contributed by atoms with van der Waals surface area (Å²) in [4.78, 5) is 15.5. The van der Waals surface area contributed by atoms with Crippen molar-refractivity contribution in [2.75, 3.05) is 11.4 Å². The maximum Gasteiger partial charge on any atom is 0.223 e. The molecular formula is C28H27Cl3N2O. The molecule has 0 radical (unpaired) electrons. The number of aryl methyl sites for hydroxylation is 1. The summed E-state index contributed by atoms with van der Waals surface area (Å²) in [7, 11) is 0. The van der Waals surface area contributed by atoms with Crippen molar-refractivity contribution in [2.45, 2.75) is 44.2 Å². The quantitative estimate of drug-likeness (QED) is 0.397. The molecule has 0 spiro atoms. The molecule has 0 bridgehead atoms. The summed E-state index contributed by atoms with van der Waals surface area (Å²) in [5, 5.41) is 5.34. The number of amides is 1. The first-order chi connectivity index (χ1) is 16.5. The standard InChI is InChI=1S/C28H27Cl3N2O/c29-22-9-7-19(8-10-22)27-17-24(13-14-33(27)26-12-11-23(30)16-25(26)31)32-28(34)21-6-5-18-3-1-2-4-20(18)15-21/h1-4,7-12,16,21,24,27H,5-6,13-15,17H2,(H,32,34). The second-order valence-corrected chi connectivity index (χ2v) is 10.6. The molecular weight excluding hydrogens is 487 g/mol. The van der Waals surface area contributed by atoms with Gasteiger partial charge in [-0.2, -0.15) is 0 Å². The van der Waals surface area contributed by atoms with Crippen LogP contribution in [0.3, 0.4) is 0 Å². The number of nitrogens with zero attached hydrogens (tertiary/aromatic N) is 1. The Kier molecular flexibility index (Phi) is 7.06. The van der Waals surface area contributed by atoms with Crippen LogP contribution in [0.1, 0.15) is 42.0 Å². The van der Waals surface area contributed by atoms with Crippen LogP contribution in [0, 0.1) is 5.92 Å². The lowest BCUT2D eigenvalue weighted by molar-refractivity contribution is -0.126. The van der Waals surface area contributed by atoms with Crippen LogP contribution in [-0.2, 0) is 17.6 Å². The average molecular weight is 514 g/mol. The number of fused-ring (bicyclic) bond motifs is 1. The van der Waals surface area contributed by atoms with Gasteiger partial charge in [0.05, 0.1) is 16.8 Å². The third kappa shape index (κ3) is 5.07. The zero-order valence-corrected chi connectivity index (χ0v) is 21.1. The van der Waals surface area contributed by atoms with Crippen molar-refractivity contribution in [1.82, 2.24) is 5.32 Å². The summed E-state index contributed by atoms with van der Waals surface area (Å²) in [5.41, 5.74) is 4.79. The molecule has 176 valence electrons. The van der Waals surface area contributed by atoms with E-state index in [-0.39, 0.29) is 23.9 Å². The predicted octanol–water partition coefficient (Wildman–Crippen LogP) is 7.28. The third-order valence-electron chi connectivity index (χ3n) is 7.14. The molecule has 3 aromatic rings. The summed E-state index contributed by atoms with van der Waals surface area (Å²) < 4.78 is 0. The smallest absolute Gasteiger partial charge is 0.223 e.